The molecular weight excluding hydrogens is 781 g/mol. The van der Waals surface area contributed by atoms with Gasteiger partial charge in [0.05, 0.1) is 0 Å². The molecule has 0 saturated heterocycles. The van der Waals surface area contributed by atoms with Gasteiger partial charge in [-0.1, -0.05) is 206 Å². The van der Waals surface area contributed by atoms with Crippen LogP contribution in [0.5, 0.6) is 0 Å². The Bertz CT molecular complexity index is 1370. The molecule has 0 aromatic heterocycles. The molecule has 0 aliphatic heterocycles. The summed E-state index contributed by atoms with van der Waals surface area (Å²) in [6.45, 7) is 6.33. The number of hydrogen-bond donors (Lipinski definition) is 0. The molecule has 6 heteroatoms. The molecule has 0 aliphatic rings. The van der Waals surface area contributed by atoms with Crippen LogP contribution in [-0.4, -0.2) is 37.2 Å². The molecule has 0 rings (SSSR count). The molecule has 1 unspecified atom stereocenters. The highest BCUT2D eigenvalue weighted by Gasteiger charge is 2.19. The van der Waals surface area contributed by atoms with E-state index in [1.54, 1.807) is 0 Å². The van der Waals surface area contributed by atoms with Gasteiger partial charge in [-0.2, -0.15) is 0 Å². The van der Waals surface area contributed by atoms with Crippen molar-refractivity contribution in [3.63, 3.8) is 0 Å². The maximum atomic E-state index is 12.5. The maximum Gasteiger partial charge on any atom is 0.306 e. The van der Waals surface area contributed by atoms with Crippen molar-refractivity contribution in [1.29, 1.82) is 0 Å². The zero-order valence-electron chi connectivity index (χ0n) is 40.3. The summed E-state index contributed by atoms with van der Waals surface area (Å²) in [5, 5.41) is 0. The summed E-state index contributed by atoms with van der Waals surface area (Å²) in [5.41, 5.74) is 0. The Balaban J connectivity index is 4.10. The summed E-state index contributed by atoms with van der Waals surface area (Å²) < 4.78 is 16.5. The quantitative estimate of drug-likeness (QED) is 0.0263. The highest BCUT2D eigenvalue weighted by Crippen LogP contribution is 2.11. The lowest BCUT2D eigenvalue weighted by atomic mass is 10.1. The van der Waals surface area contributed by atoms with Gasteiger partial charge in [0.15, 0.2) is 6.10 Å². The third-order valence-corrected chi connectivity index (χ3v) is 9.98. The Kier molecular flexibility index (Phi) is 47.1. The molecule has 0 radical (unpaired) electrons. The van der Waals surface area contributed by atoms with Crippen LogP contribution in [-0.2, 0) is 28.6 Å². The van der Waals surface area contributed by atoms with Crippen molar-refractivity contribution in [2.45, 2.75) is 207 Å². The molecule has 0 N–H and O–H groups in total. The first-order valence-corrected chi connectivity index (χ1v) is 25.0. The molecule has 6 nitrogen and oxygen atoms in total. The molecule has 0 saturated carbocycles. The summed E-state index contributed by atoms with van der Waals surface area (Å²) in [4.78, 5) is 37.3. The Hall–Kier alpha value is -4.19. The molecule has 0 aliphatic carbocycles. The van der Waals surface area contributed by atoms with Crippen LogP contribution < -0.4 is 0 Å². The monoisotopic (exact) mass is 871 g/mol. The fourth-order valence-electron chi connectivity index (χ4n) is 6.23. The second-order valence-electron chi connectivity index (χ2n) is 16.0. The minimum Gasteiger partial charge on any atom is -0.462 e. The first-order chi connectivity index (χ1) is 31.0. The second kappa shape index (κ2) is 50.5. The van der Waals surface area contributed by atoms with Gasteiger partial charge < -0.3 is 14.2 Å². The van der Waals surface area contributed by atoms with Gasteiger partial charge in [0, 0.05) is 19.3 Å². The predicted molar refractivity (Wildman–Crippen MR) is 269 cm³/mol. The topological polar surface area (TPSA) is 78.9 Å². The van der Waals surface area contributed by atoms with Crippen molar-refractivity contribution in [2.75, 3.05) is 13.2 Å². The highest BCUT2D eigenvalue weighted by molar-refractivity contribution is 5.71. The maximum absolute atomic E-state index is 12.5. The van der Waals surface area contributed by atoms with Crippen LogP contribution in [0.3, 0.4) is 0 Å². The standard InChI is InChI=1S/C57H90O6/c1-4-7-10-13-16-17-18-19-20-21-22-23-24-25-26-27-28-29-30-31-32-33-34-35-36-37-38-39-40-41-42-45-47-50-56(59)62-53-54(63-57(60)51-48-44-15-12-9-6-3)52-61-55(58)49-46-43-14-11-8-5-2/h7,10,16-17,19-20,22-23,25-26,28-29,31-32,34-35,37-38,40-41,54H,4-6,8-9,11-15,18,21,24,27,30,33,36,39,42-53H2,1-3H3/b10-7-,17-16-,20-19-,23-22-,26-25-,29-28-,32-31-,35-34-,38-37-,41-40-. The normalized spacial score (nSPS) is 13.1. The van der Waals surface area contributed by atoms with Gasteiger partial charge in [-0.05, 0) is 96.3 Å². The SMILES string of the molecule is CC/C=C\C/C=C\C/C=C\C/C=C\C/C=C\C/C=C\C/C=C\C/C=C\C/C=C\C/C=C\CCCCC(=O)OCC(COC(=O)CCCCCCCC)OC(=O)CCCCCCCC. The van der Waals surface area contributed by atoms with E-state index >= 15 is 0 Å². The smallest absolute Gasteiger partial charge is 0.306 e. The lowest BCUT2D eigenvalue weighted by Gasteiger charge is -2.18. The van der Waals surface area contributed by atoms with Crippen molar-refractivity contribution in [3.05, 3.63) is 122 Å². The van der Waals surface area contributed by atoms with Crippen LogP contribution in [0.1, 0.15) is 201 Å². The van der Waals surface area contributed by atoms with Gasteiger partial charge in [0.1, 0.15) is 13.2 Å². The summed E-state index contributed by atoms with van der Waals surface area (Å²) in [5.74, 6) is -0.972. The highest BCUT2D eigenvalue weighted by atomic mass is 16.6. The number of rotatable bonds is 43. The summed E-state index contributed by atoms with van der Waals surface area (Å²) >= 11 is 0. The summed E-state index contributed by atoms with van der Waals surface area (Å²) in [6.07, 6.45) is 69.7. The van der Waals surface area contributed by atoms with Crippen LogP contribution in [0, 0.1) is 0 Å². The Labute approximate surface area is 386 Å². The van der Waals surface area contributed by atoms with E-state index in [-0.39, 0.29) is 31.1 Å². The van der Waals surface area contributed by atoms with Gasteiger partial charge in [-0.15, -0.1) is 0 Å². The molecule has 0 spiro atoms. The van der Waals surface area contributed by atoms with Crippen LogP contribution in [0.25, 0.3) is 0 Å². The number of ether oxygens (including phenoxy) is 3. The summed E-state index contributed by atoms with van der Waals surface area (Å²) in [7, 11) is 0. The molecule has 0 aromatic rings. The van der Waals surface area contributed by atoms with E-state index < -0.39 is 6.10 Å². The molecule has 0 heterocycles. The zero-order chi connectivity index (χ0) is 45.8. The molecule has 0 aromatic carbocycles. The third kappa shape index (κ3) is 48.7. The fraction of sp³-hybridized carbons (Fsp3) is 0.596. The Morgan fingerprint density at radius 3 is 0.968 bits per heavy atom. The van der Waals surface area contributed by atoms with E-state index in [2.05, 4.69) is 142 Å². The predicted octanol–water partition coefficient (Wildman–Crippen LogP) is 16.5. The van der Waals surface area contributed by atoms with Crippen LogP contribution in [0.2, 0.25) is 0 Å². The number of esters is 3. The lowest BCUT2D eigenvalue weighted by molar-refractivity contribution is -0.167. The van der Waals surface area contributed by atoms with Gasteiger partial charge in [-0.3, -0.25) is 14.4 Å². The largest absolute Gasteiger partial charge is 0.462 e. The molecule has 0 amide bonds. The minimum absolute atomic E-state index is 0.0939. The lowest BCUT2D eigenvalue weighted by Crippen LogP contribution is -2.30. The fourth-order valence-corrected chi connectivity index (χ4v) is 6.23. The van der Waals surface area contributed by atoms with Crippen molar-refractivity contribution in [1.82, 2.24) is 0 Å². The zero-order valence-corrected chi connectivity index (χ0v) is 40.3. The van der Waals surface area contributed by atoms with Gasteiger partial charge in [0.2, 0.25) is 0 Å². The molecule has 1 atom stereocenters. The van der Waals surface area contributed by atoms with Gasteiger partial charge >= 0.3 is 17.9 Å². The van der Waals surface area contributed by atoms with E-state index in [0.717, 1.165) is 122 Å². The number of allylic oxidation sites excluding steroid dienone is 20. The molecular formula is C57H90O6. The van der Waals surface area contributed by atoms with Crippen molar-refractivity contribution < 1.29 is 28.6 Å². The summed E-state index contributed by atoms with van der Waals surface area (Å²) in [6, 6.07) is 0. The second-order valence-corrected chi connectivity index (χ2v) is 16.0. The van der Waals surface area contributed by atoms with Crippen molar-refractivity contribution in [2.24, 2.45) is 0 Å². The van der Waals surface area contributed by atoms with Crippen molar-refractivity contribution in [3.8, 4) is 0 Å². The van der Waals surface area contributed by atoms with Crippen molar-refractivity contribution >= 4 is 17.9 Å². The van der Waals surface area contributed by atoms with E-state index in [4.69, 9.17) is 14.2 Å². The number of carbonyl (C=O) groups is 3. The third-order valence-electron chi connectivity index (χ3n) is 9.98. The first kappa shape index (κ1) is 58.8. The van der Waals surface area contributed by atoms with E-state index in [1.807, 2.05) is 0 Å². The van der Waals surface area contributed by atoms with Gasteiger partial charge in [0.25, 0.3) is 0 Å². The number of hydrogen-bond acceptors (Lipinski definition) is 6. The van der Waals surface area contributed by atoms with Gasteiger partial charge in [-0.25, -0.2) is 0 Å². The molecule has 0 bridgehead atoms. The molecule has 63 heavy (non-hydrogen) atoms. The minimum atomic E-state index is -0.789. The Morgan fingerprint density at radius 1 is 0.333 bits per heavy atom. The average Bonchev–Trinajstić information content (AvgIpc) is 3.28. The van der Waals surface area contributed by atoms with E-state index in [0.29, 0.717) is 19.3 Å². The van der Waals surface area contributed by atoms with Crippen LogP contribution in [0.15, 0.2) is 122 Å². The van der Waals surface area contributed by atoms with E-state index in [1.165, 1.54) is 38.5 Å². The average molecular weight is 871 g/mol. The first-order valence-electron chi connectivity index (χ1n) is 25.0. The molecule has 0 fully saturated rings. The molecule has 354 valence electrons. The number of unbranched alkanes of at least 4 members (excludes halogenated alkanes) is 12. The van der Waals surface area contributed by atoms with Crippen LogP contribution >= 0.6 is 0 Å². The van der Waals surface area contributed by atoms with Crippen LogP contribution in [0.4, 0.5) is 0 Å². The Morgan fingerprint density at radius 2 is 0.619 bits per heavy atom. The van der Waals surface area contributed by atoms with E-state index in [9.17, 15) is 14.4 Å². The number of carbonyl (C=O) groups excluding carboxylic acids is 3.